The van der Waals surface area contributed by atoms with Crippen LogP contribution in [-0.4, -0.2) is 16.6 Å². The van der Waals surface area contributed by atoms with Gasteiger partial charge in [-0.15, -0.1) is 12.4 Å². The molecule has 0 atom stereocenters. The molecule has 2 aromatic carbocycles. The van der Waals surface area contributed by atoms with Gasteiger partial charge < -0.3 is 14.5 Å². The lowest BCUT2D eigenvalue weighted by atomic mass is 10.2. The molecule has 0 unspecified atom stereocenters. The average molecular weight is 370 g/mol. The van der Waals surface area contributed by atoms with E-state index in [-0.39, 0.29) is 12.4 Å². The summed E-state index contributed by atoms with van der Waals surface area (Å²) >= 11 is 0. The second-order valence-corrected chi connectivity index (χ2v) is 5.70. The van der Waals surface area contributed by atoms with Gasteiger partial charge in [0.25, 0.3) is 0 Å². The number of rotatable bonds is 5. The number of benzene rings is 2. The number of hydrogen-bond acceptors (Lipinski definition) is 5. The number of anilines is 2. The molecule has 0 saturated carbocycles. The second kappa shape index (κ2) is 7.62. The quantitative estimate of drug-likeness (QED) is 0.503. The minimum absolute atomic E-state index is 0. The Morgan fingerprint density at radius 1 is 1.00 bits per heavy atom. The van der Waals surface area contributed by atoms with E-state index in [9.17, 15) is 0 Å². The molecular formula is C20H20ClN3O2. The Morgan fingerprint density at radius 2 is 1.77 bits per heavy atom. The van der Waals surface area contributed by atoms with Gasteiger partial charge in [0.05, 0.1) is 6.61 Å². The zero-order valence-electron chi connectivity index (χ0n) is 14.7. The van der Waals surface area contributed by atoms with Crippen molar-refractivity contribution >= 4 is 46.0 Å². The summed E-state index contributed by atoms with van der Waals surface area (Å²) in [5.41, 5.74) is 3.25. The Kier molecular flexibility index (Phi) is 5.28. The SMILES string of the molecule is CCOc1ccc(Nc2nc(CC)nc3c2oc2ccccc23)cc1.Cl. The maximum atomic E-state index is 6.01. The number of furan rings is 1. The molecule has 0 aliphatic heterocycles. The predicted molar refractivity (Wildman–Crippen MR) is 107 cm³/mol. The first kappa shape index (κ1) is 18.0. The minimum atomic E-state index is 0. The molecule has 0 aliphatic rings. The van der Waals surface area contributed by atoms with Gasteiger partial charge in [-0.25, -0.2) is 9.97 Å². The van der Waals surface area contributed by atoms with E-state index in [4.69, 9.17) is 9.15 Å². The standard InChI is InChI=1S/C20H19N3O2.ClH/c1-3-17-22-18-15-7-5-6-8-16(15)25-19(18)20(23-17)21-13-9-11-14(12-10-13)24-4-2;/h5-12H,3-4H2,1-2H3,(H,21,22,23);1H. The van der Waals surface area contributed by atoms with E-state index >= 15 is 0 Å². The van der Waals surface area contributed by atoms with Crippen LogP contribution >= 0.6 is 12.4 Å². The van der Waals surface area contributed by atoms with E-state index in [0.29, 0.717) is 18.0 Å². The summed E-state index contributed by atoms with van der Waals surface area (Å²) in [6.45, 7) is 4.67. The highest BCUT2D eigenvalue weighted by molar-refractivity contribution is 6.06. The zero-order valence-corrected chi connectivity index (χ0v) is 15.5. The fraction of sp³-hybridized carbons (Fsp3) is 0.200. The number of nitrogens with one attached hydrogen (secondary N) is 1. The molecule has 26 heavy (non-hydrogen) atoms. The van der Waals surface area contributed by atoms with E-state index in [2.05, 4.69) is 15.3 Å². The topological polar surface area (TPSA) is 60.2 Å². The van der Waals surface area contributed by atoms with Crippen LogP contribution in [0.3, 0.4) is 0 Å². The van der Waals surface area contributed by atoms with Crippen molar-refractivity contribution in [3.8, 4) is 5.75 Å². The first-order chi connectivity index (χ1) is 12.3. The van der Waals surface area contributed by atoms with Crippen molar-refractivity contribution < 1.29 is 9.15 Å². The number of halogens is 1. The van der Waals surface area contributed by atoms with Gasteiger partial charge in [-0.05, 0) is 43.3 Å². The van der Waals surface area contributed by atoms with Crippen LogP contribution in [0.4, 0.5) is 11.5 Å². The highest BCUT2D eigenvalue weighted by atomic mass is 35.5. The summed E-state index contributed by atoms with van der Waals surface area (Å²) in [5.74, 6) is 2.31. The second-order valence-electron chi connectivity index (χ2n) is 5.70. The molecule has 0 fully saturated rings. The van der Waals surface area contributed by atoms with Crippen LogP contribution in [0.15, 0.2) is 52.9 Å². The summed E-state index contributed by atoms with van der Waals surface area (Å²) in [6.07, 6.45) is 0.757. The molecule has 134 valence electrons. The molecule has 0 bridgehead atoms. The van der Waals surface area contributed by atoms with Crippen molar-refractivity contribution in [3.63, 3.8) is 0 Å². The van der Waals surface area contributed by atoms with E-state index in [1.54, 1.807) is 0 Å². The monoisotopic (exact) mass is 369 g/mol. The van der Waals surface area contributed by atoms with Gasteiger partial charge in [-0.1, -0.05) is 19.1 Å². The molecule has 0 saturated heterocycles. The fourth-order valence-corrected chi connectivity index (χ4v) is 2.82. The third kappa shape index (κ3) is 3.30. The Balaban J connectivity index is 0.00000196. The third-order valence-corrected chi connectivity index (χ3v) is 4.01. The van der Waals surface area contributed by atoms with Crippen LogP contribution in [0.25, 0.3) is 22.1 Å². The molecule has 1 N–H and O–H groups in total. The first-order valence-corrected chi connectivity index (χ1v) is 8.46. The Labute approximate surface area is 157 Å². The normalized spacial score (nSPS) is 10.7. The van der Waals surface area contributed by atoms with E-state index in [1.165, 1.54) is 0 Å². The van der Waals surface area contributed by atoms with E-state index in [0.717, 1.165) is 40.2 Å². The minimum Gasteiger partial charge on any atom is -0.494 e. The number of aryl methyl sites for hydroxylation is 1. The first-order valence-electron chi connectivity index (χ1n) is 8.46. The summed E-state index contributed by atoms with van der Waals surface area (Å²) in [7, 11) is 0. The Morgan fingerprint density at radius 3 is 2.50 bits per heavy atom. The van der Waals surface area contributed by atoms with Crippen molar-refractivity contribution in [2.75, 3.05) is 11.9 Å². The van der Waals surface area contributed by atoms with Crippen molar-refractivity contribution in [1.82, 2.24) is 9.97 Å². The number of hydrogen-bond donors (Lipinski definition) is 1. The van der Waals surface area contributed by atoms with Crippen LogP contribution in [0, 0.1) is 0 Å². The van der Waals surface area contributed by atoms with Gasteiger partial charge in [0, 0.05) is 17.5 Å². The van der Waals surface area contributed by atoms with Gasteiger partial charge in [-0.2, -0.15) is 0 Å². The molecule has 2 aromatic heterocycles. The van der Waals surface area contributed by atoms with Crippen molar-refractivity contribution in [2.45, 2.75) is 20.3 Å². The molecule has 0 amide bonds. The van der Waals surface area contributed by atoms with Crippen LogP contribution in [0.1, 0.15) is 19.7 Å². The van der Waals surface area contributed by atoms with Crippen molar-refractivity contribution in [3.05, 3.63) is 54.4 Å². The van der Waals surface area contributed by atoms with Gasteiger partial charge in [0.2, 0.25) is 0 Å². The summed E-state index contributed by atoms with van der Waals surface area (Å²) in [4.78, 5) is 9.28. The highest BCUT2D eigenvalue weighted by Gasteiger charge is 2.15. The molecule has 0 radical (unpaired) electrons. The number of fused-ring (bicyclic) bond motifs is 3. The highest BCUT2D eigenvalue weighted by Crippen LogP contribution is 2.32. The molecular weight excluding hydrogens is 350 g/mol. The lowest BCUT2D eigenvalue weighted by Crippen LogP contribution is -2.00. The average Bonchev–Trinajstić information content (AvgIpc) is 3.02. The largest absolute Gasteiger partial charge is 0.494 e. The van der Waals surface area contributed by atoms with Crippen LogP contribution in [-0.2, 0) is 6.42 Å². The lowest BCUT2D eigenvalue weighted by Gasteiger charge is -2.08. The van der Waals surface area contributed by atoms with Gasteiger partial charge in [0.15, 0.2) is 11.4 Å². The lowest BCUT2D eigenvalue weighted by molar-refractivity contribution is 0.340. The van der Waals surface area contributed by atoms with Crippen molar-refractivity contribution in [1.29, 1.82) is 0 Å². The molecule has 6 heteroatoms. The molecule has 0 aliphatic carbocycles. The molecule has 4 rings (SSSR count). The van der Waals surface area contributed by atoms with Crippen LogP contribution in [0.2, 0.25) is 0 Å². The van der Waals surface area contributed by atoms with Crippen LogP contribution < -0.4 is 10.1 Å². The summed E-state index contributed by atoms with van der Waals surface area (Å²) < 4.78 is 11.5. The Hall–Kier alpha value is -2.79. The van der Waals surface area contributed by atoms with Crippen LogP contribution in [0.5, 0.6) is 5.75 Å². The molecule has 5 nitrogen and oxygen atoms in total. The fourth-order valence-electron chi connectivity index (χ4n) is 2.82. The van der Waals surface area contributed by atoms with Gasteiger partial charge in [-0.3, -0.25) is 0 Å². The smallest absolute Gasteiger partial charge is 0.196 e. The maximum absolute atomic E-state index is 6.01. The zero-order chi connectivity index (χ0) is 17.2. The van der Waals surface area contributed by atoms with Gasteiger partial charge >= 0.3 is 0 Å². The number of nitrogens with zero attached hydrogens (tertiary/aromatic N) is 2. The predicted octanol–water partition coefficient (Wildman–Crippen LogP) is 5.50. The number of para-hydroxylation sites is 1. The van der Waals surface area contributed by atoms with E-state index < -0.39 is 0 Å². The molecule has 0 spiro atoms. The maximum Gasteiger partial charge on any atom is 0.196 e. The molecule has 2 heterocycles. The molecule has 4 aromatic rings. The van der Waals surface area contributed by atoms with Crippen molar-refractivity contribution in [2.24, 2.45) is 0 Å². The number of aromatic nitrogens is 2. The third-order valence-electron chi connectivity index (χ3n) is 4.01. The summed E-state index contributed by atoms with van der Waals surface area (Å²) in [6, 6.07) is 15.7. The summed E-state index contributed by atoms with van der Waals surface area (Å²) in [5, 5.41) is 4.36. The number of ether oxygens (including phenoxy) is 1. The Bertz CT molecular complexity index is 1030. The van der Waals surface area contributed by atoms with Gasteiger partial charge in [0.1, 0.15) is 22.7 Å². The van der Waals surface area contributed by atoms with E-state index in [1.807, 2.05) is 62.4 Å².